The highest BCUT2D eigenvalue weighted by Gasteiger charge is 2.57. The largest absolute Gasteiger partial charge is 0.479 e. The second kappa shape index (κ2) is 15.4. The van der Waals surface area contributed by atoms with Gasteiger partial charge < -0.3 is 80.2 Å². The van der Waals surface area contributed by atoms with Gasteiger partial charge in [-0.2, -0.15) is 0 Å². The summed E-state index contributed by atoms with van der Waals surface area (Å²) in [5.41, 5.74) is -3.35. The van der Waals surface area contributed by atoms with Crippen molar-refractivity contribution in [3.63, 3.8) is 0 Å². The molecule has 0 aromatic heterocycles. The van der Waals surface area contributed by atoms with E-state index in [2.05, 4.69) is 0 Å². The fourth-order valence-corrected chi connectivity index (χ4v) is 5.88. The molecule has 0 saturated carbocycles. The number of hydrogen-bond acceptors (Lipinski definition) is 16. The molecule has 0 aromatic carbocycles. The Balaban J connectivity index is 2.39. The van der Waals surface area contributed by atoms with E-state index in [0.29, 0.717) is 0 Å². The van der Waals surface area contributed by atoms with Crippen LogP contribution in [0.4, 0.5) is 0 Å². The Labute approximate surface area is 248 Å². The van der Waals surface area contributed by atoms with Gasteiger partial charge in [0.1, 0.15) is 30.5 Å². The predicted octanol–water partition coefficient (Wildman–Crippen LogP) is -5.01. The summed E-state index contributed by atoms with van der Waals surface area (Å²) in [6, 6.07) is 0. The molecule has 2 rings (SSSR count). The van der Waals surface area contributed by atoms with E-state index in [1.807, 2.05) is 0 Å². The number of hydrogen-bond donors (Lipinski definition) is 12. The van der Waals surface area contributed by atoms with E-state index in [4.69, 9.17) is 18.9 Å². The lowest BCUT2D eigenvalue weighted by molar-refractivity contribution is -0.369. The summed E-state index contributed by atoms with van der Waals surface area (Å²) < 4.78 is 23.2. The van der Waals surface area contributed by atoms with Crippen LogP contribution in [0.25, 0.3) is 0 Å². The molecule has 17 heteroatoms. The molecule has 16 atom stereocenters. The van der Waals surface area contributed by atoms with Gasteiger partial charge in [0.2, 0.25) is 0 Å². The molecule has 2 saturated heterocycles. The van der Waals surface area contributed by atoms with Crippen LogP contribution in [0.2, 0.25) is 0 Å². The van der Waals surface area contributed by atoms with E-state index in [0.717, 1.165) is 0 Å². The molecule has 2 aliphatic rings. The van der Waals surface area contributed by atoms with E-state index < -0.39 is 122 Å². The third-order valence-electron chi connectivity index (χ3n) is 8.87. The molecule has 16 unspecified atom stereocenters. The highest BCUT2D eigenvalue weighted by molar-refractivity contribution is 5.72. The quantitative estimate of drug-likeness (QED) is 0.0804. The summed E-state index contributed by atoms with van der Waals surface area (Å²) in [6.07, 6.45) is -21.3. The second-order valence-electron chi connectivity index (χ2n) is 11.5. The first-order chi connectivity index (χ1) is 20.0. The molecule has 2 fully saturated rings. The smallest absolute Gasteiger partial charge is 0.335 e. The lowest BCUT2D eigenvalue weighted by atomic mass is 9.74. The molecular weight excluding hydrogens is 584 g/mol. The molecule has 0 radical (unpaired) electrons. The number of aliphatic hydroxyl groups is 11. The van der Waals surface area contributed by atoms with Gasteiger partial charge in [-0.15, -0.1) is 0 Å². The second-order valence-corrected chi connectivity index (χ2v) is 11.5. The summed E-state index contributed by atoms with van der Waals surface area (Å²) in [5.74, 6) is -4.72. The Kier molecular flexibility index (Phi) is 13.7. The van der Waals surface area contributed by atoms with Crippen LogP contribution in [-0.2, 0) is 23.7 Å². The number of aliphatic carboxylic acids is 1. The van der Waals surface area contributed by atoms with Crippen LogP contribution in [0.15, 0.2) is 0 Å². The van der Waals surface area contributed by atoms with Gasteiger partial charge in [0.25, 0.3) is 0 Å². The zero-order valence-electron chi connectivity index (χ0n) is 24.5. The Morgan fingerprint density at radius 3 is 1.74 bits per heavy atom. The van der Waals surface area contributed by atoms with Gasteiger partial charge in [-0.05, 0) is 26.7 Å². The Morgan fingerprint density at radius 2 is 1.28 bits per heavy atom. The Bertz CT molecular complexity index is 877. The first kappa shape index (κ1) is 38.1. The fourth-order valence-electron chi connectivity index (χ4n) is 5.88. The molecule has 0 aromatic rings. The van der Waals surface area contributed by atoms with E-state index >= 15 is 0 Å². The van der Waals surface area contributed by atoms with Crippen LogP contribution in [-0.4, -0.2) is 172 Å². The minimum Gasteiger partial charge on any atom is -0.479 e. The van der Waals surface area contributed by atoms with Gasteiger partial charge in [0.15, 0.2) is 18.7 Å². The van der Waals surface area contributed by atoms with Crippen LogP contribution >= 0.6 is 0 Å². The molecule has 0 bridgehead atoms. The predicted molar refractivity (Wildman–Crippen MR) is 141 cm³/mol. The monoisotopic (exact) mass is 632 g/mol. The number of ether oxygens (including phenoxy) is 4. The van der Waals surface area contributed by atoms with Gasteiger partial charge in [0, 0.05) is 11.8 Å². The summed E-state index contributed by atoms with van der Waals surface area (Å²) in [7, 11) is 0. The average molecular weight is 633 g/mol. The lowest BCUT2D eigenvalue weighted by Crippen LogP contribution is -2.67. The van der Waals surface area contributed by atoms with Crippen molar-refractivity contribution in [2.24, 2.45) is 11.8 Å². The normalized spacial score (nSPS) is 39.2. The maximum atomic E-state index is 11.3. The summed E-state index contributed by atoms with van der Waals surface area (Å²) in [4.78, 5) is 11.3. The van der Waals surface area contributed by atoms with Crippen molar-refractivity contribution >= 4 is 5.97 Å². The van der Waals surface area contributed by atoms with Crippen LogP contribution in [0.5, 0.6) is 0 Å². The van der Waals surface area contributed by atoms with Crippen molar-refractivity contribution < 1.29 is 85.0 Å². The molecule has 0 aliphatic carbocycles. The first-order valence-corrected chi connectivity index (χ1v) is 14.1. The number of carbonyl (C=O) groups is 1. The number of carboxylic acids is 1. The maximum absolute atomic E-state index is 11.3. The van der Waals surface area contributed by atoms with Gasteiger partial charge >= 0.3 is 5.97 Å². The molecule has 12 N–H and O–H groups in total. The van der Waals surface area contributed by atoms with Gasteiger partial charge in [-0.25, -0.2) is 4.79 Å². The van der Waals surface area contributed by atoms with Crippen LogP contribution in [0.3, 0.4) is 0 Å². The molecular formula is C26H48O17. The zero-order valence-corrected chi connectivity index (χ0v) is 24.5. The topological polar surface area (TPSA) is 297 Å². The average Bonchev–Trinajstić information content (AvgIpc) is 2.98. The van der Waals surface area contributed by atoms with Gasteiger partial charge in [-0.3, -0.25) is 0 Å². The third-order valence-corrected chi connectivity index (χ3v) is 8.87. The van der Waals surface area contributed by atoms with E-state index in [-0.39, 0.29) is 12.8 Å². The van der Waals surface area contributed by atoms with Gasteiger partial charge in [-0.1, -0.05) is 13.8 Å². The lowest BCUT2D eigenvalue weighted by Gasteiger charge is -2.53. The third kappa shape index (κ3) is 7.82. The molecule has 0 spiro atoms. The van der Waals surface area contributed by atoms with E-state index in [9.17, 15) is 66.1 Å². The standard InChI is InChI=1S/C26H48O17/c1-5-25(3,13(10(30)7-27)16(32)19(35)22(38)39)42-23-20(36)17(33)14(11(8-28)40-23)26(4,6-2)43-24-21(37)18(34)15(31)12(9-29)41-24/h10-21,23-24,27-37H,5-9H2,1-4H3,(H,38,39). The summed E-state index contributed by atoms with van der Waals surface area (Å²) in [6.45, 7) is 3.43. The molecule has 0 amide bonds. The Hall–Kier alpha value is -1.13. The van der Waals surface area contributed by atoms with Crippen molar-refractivity contribution in [2.45, 2.75) is 125 Å². The summed E-state index contributed by atoms with van der Waals surface area (Å²) >= 11 is 0. The van der Waals surface area contributed by atoms with E-state index in [1.54, 1.807) is 6.92 Å². The zero-order chi connectivity index (χ0) is 33.0. The minimum atomic E-state index is -2.39. The van der Waals surface area contributed by atoms with E-state index in [1.165, 1.54) is 20.8 Å². The van der Waals surface area contributed by atoms with Crippen molar-refractivity contribution in [3.05, 3.63) is 0 Å². The molecule has 17 nitrogen and oxygen atoms in total. The molecule has 2 aliphatic heterocycles. The van der Waals surface area contributed by atoms with Gasteiger partial charge in [0.05, 0.1) is 55.4 Å². The van der Waals surface area contributed by atoms with Crippen LogP contribution < -0.4 is 0 Å². The highest BCUT2D eigenvalue weighted by Crippen LogP contribution is 2.43. The molecule has 2 heterocycles. The SMILES string of the molecule is CCC(C)(OC1OC(CO)C(C(C)(CC)OC2OC(CO)C(O)C(O)C2O)C(O)C1O)C(C(O)CO)C(O)C(O)C(=O)O. The maximum Gasteiger partial charge on any atom is 0.335 e. The number of rotatable bonds is 15. The van der Waals surface area contributed by atoms with Crippen molar-refractivity contribution in [2.75, 3.05) is 19.8 Å². The number of carboxylic acid groups (broad SMARTS) is 1. The Morgan fingerprint density at radius 1 is 0.767 bits per heavy atom. The van der Waals surface area contributed by atoms with Crippen molar-refractivity contribution in [1.82, 2.24) is 0 Å². The molecule has 43 heavy (non-hydrogen) atoms. The highest BCUT2D eigenvalue weighted by atomic mass is 16.7. The van der Waals surface area contributed by atoms with Crippen LogP contribution in [0.1, 0.15) is 40.5 Å². The van der Waals surface area contributed by atoms with Crippen LogP contribution in [0, 0.1) is 11.8 Å². The summed E-state index contributed by atoms with van der Waals surface area (Å²) in [5, 5.41) is 123. The number of aliphatic hydroxyl groups excluding tert-OH is 11. The fraction of sp³-hybridized carbons (Fsp3) is 0.962. The molecule has 254 valence electrons. The minimum absolute atomic E-state index is 0.0541. The first-order valence-electron chi connectivity index (χ1n) is 14.1. The van der Waals surface area contributed by atoms with Crippen molar-refractivity contribution in [1.29, 1.82) is 0 Å². The van der Waals surface area contributed by atoms with Crippen molar-refractivity contribution in [3.8, 4) is 0 Å².